The fourth-order valence-electron chi connectivity index (χ4n) is 4.09. The van der Waals surface area contributed by atoms with Crippen LogP contribution in [0.5, 0.6) is 0 Å². The van der Waals surface area contributed by atoms with E-state index in [0.717, 1.165) is 5.56 Å². The van der Waals surface area contributed by atoms with Crippen LogP contribution in [0, 0.1) is 5.92 Å². The van der Waals surface area contributed by atoms with E-state index in [-0.39, 0.29) is 62.3 Å². The summed E-state index contributed by atoms with van der Waals surface area (Å²) < 4.78 is 26.9. The molecule has 16 heteroatoms. The second kappa shape index (κ2) is 26.7. The number of amides is 5. The van der Waals surface area contributed by atoms with Crippen molar-refractivity contribution in [3.05, 3.63) is 29.8 Å². The van der Waals surface area contributed by atoms with Gasteiger partial charge in [-0.25, -0.2) is 0 Å². The first-order chi connectivity index (χ1) is 24.3. The van der Waals surface area contributed by atoms with E-state index in [4.69, 9.17) is 23.7 Å². The molecule has 51 heavy (non-hydrogen) atoms. The SMILES string of the molecule is CCN(CCC(=O)NCCOCCOCCOCCOCCC(=O)NC(C)C(=O)N[C@@H](C)C(=O)Nc1ccc(COC(=O)C(C)C)cc1)C(C)=O. The lowest BCUT2D eigenvalue weighted by Gasteiger charge is -2.18. The van der Waals surface area contributed by atoms with Crippen LogP contribution in [0.1, 0.15) is 59.9 Å². The molecule has 0 aliphatic heterocycles. The second-order valence-corrected chi connectivity index (χ2v) is 11.9. The summed E-state index contributed by atoms with van der Waals surface area (Å²) in [6, 6.07) is 5.08. The van der Waals surface area contributed by atoms with Gasteiger partial charge in [0.15, 0.2) is 0 Å². The summed E-state index contributed by atoms with van der Waals surface area (Å²) in [4.78, 5) is 73.7. The fourth-order valence-corrected chi connectivity index (χ4v) is 4.09. The Morgan fingerprint density at radius 3 is 1.78 bits per heavy atom. The van der Waals surface area contributed by atoms with Gasteiger partial charge in [-0.1, -0.05) is 26.0 Å². The Labute approximate surface area is 301 Å². The summed E-state index contributed by atoms with van der Waals surface area (Å²) in [6.07, 6.45) is 0.298. The average Bonchev–Trinajstić information content (AvgIpc) is 3.09. The van der Waals surface area contributed by atoms with Crippen LogP contribution in [0.4, 0.5) is 5.69 Å². The minimum absolute atomic E-state index is 0.0461. The topological polar surface area (TPSA) is 200 Å². The Morgan fingerprint density at radius 2 is 1.24 bits per heavy atom. The van der Waals surface area contributed by atoms with Gasteiger partial charge < -0.3 is 49.9 Å². The van der Waals surface area contributed by atoms with Crippen molar-refractivity contribution >= 4 is 41.2 Å². The first-order valence-corrected chi connectivity index (χ1v) is 17.3. The Morgan fingerprint density at radius 1 is 0.686 bits per heavy atom. The maximum atomic E-state index is 12.6. The number of nitrogens with one attached hydrogen (secondary N) is 4. The Bertz CT molecular complexity index is 1210. The third kappa shape index (κ3) is 21.6. The molecule has 0 radical (unpaired) electrons. The molecule has 288 valence electrons. The number of nitrogens with zero attached hydrogens (tertiary/aromatic N) is 1. The molecule has 1 aromatic rings. The van der Waals surface area contributed by atoms with E-state index in [9.17, 15) is 28.8 Å². The third-order valence-electron chi connectivity index (χ3n) is 7.19. The maximum Gasteiger partial charge on any atom is 0.308 e. The first kappa shape index (κ1) is 44.9. The Kier molecular flexibility index (Phi) is 23.5. The number of carbonyl (C=O) groups is 6. The quantitative estimate of drug-likeness (QED) is 0.0751. The smallest absolute Gasteiger partial charge is 0.308 e. The zero-order valence-electron chi connectivity index (χ0n) is 30.9. The highest BCUT2D eigenvalue weighted by molar-refractivity contribution is 5.98. The van der Waals surface area contributed by atoms with Gasteiger partial charge in [0.1, 0.15) is 18.7 Å². The van der Waals surface area contributed by atoms with Crippen LogP contribution in [-0.4, -0.2) is 125 Å². The standard InChI is InChI=1S/C35H57N5O11/c1-7-40(28(6)41)15-12-31(42)36-14-17-48-19-21-50-23-22-49-20-18-47-16-13-32(43)37-26(4)33(44)38-27(5)34(45)39-30-10-8-29(9-11-30)24-51-35(46)25(2)3/h8-11,25-27H,7,12-24H2,1-6H3,(H,36,42)(H,37,43)(H,38,44)(H,39,45)/t26?,27-/m0/s1. The van der Waals surface area contributed by atoms with Crippen LogP contribution in [0.2, 0.25) is 0 Å². The molecule has 2 atom stereocenters. The maximum absolute atomic E-state index is 12.6. The molecular weight excluding hydrogens is 666 g/mol. The number of benzene rings is 1. The van der Waals surface area contributed by atoms with Crippen molar-refractivity contribution in [1.29, 1.82) is 0 Å². The van der Waals surface area contributed by atoms with Gasteiger partial charge in [-0.15, -0.1) is 0 Å². The van der Waals surface area contributed by atoms with Gasteiger partial charge in [-0.05, 0) is 38.5 Å². The van der Waals surface area contributed by atoms with Gasteiger partial charge in [0, 0.05) is 45.1 Å². The van der Waals surface area contributed by atoms with Gasteiger partial charge in [0.05, 0.1) is 58.8 Å². The Balaban J connectivity index is 2.04. The number of ether oxygens (including phenoxy) is 5. The molecule has 1 unspecified atom stereocenters. The van der Waals surface area contributed by atoms with Crippen molar-refractivity contribution in [2.45, 2.75) is 73.1 Å². The van der Waals surface area contributed by atoms with Gasteiger partial charge >= 0.3 is 5.97 Å². The Hall–Kier alpha value is -4.12. The van der Waals surface area contributed by atoms with Gasteiger partial charge in [-0.2, -0.15) is 0 Å². The molecule has 0 aliphatic rings. The van der Waals surface area contributed by atoms with Crippen molar-refractivity contribution in [3.8, 4) is 0 Å². The number of hydrogen-bond acceptors (Lipinski definition) is 11. The van der Waals surface area contributed by atoms with E-state index in [1.54, 1.807) is 43.0 Å². The zero-order chi connectivity index (χ0) is 38.0. The van der Waals surface area contributed by atoms with E-state index in [1.165, 1.54) is 20.8 Å². The molecule has 0 bridgehead atoms. The van der Waals surface area contributed by atoms with E-state index in [1.807, 2.05) is 6.92 Å². The molecule has 16 nitrogen and oxygen atoms in total. The minimum atomic E-state index is -0.864. The molecule has 0 saturated heterocycles. The molecule has 0 heterocycles. The average molecular weight is 724 g/mol. The predicted molar refractivity (Wildman–Crippen MR) is 188 cm³/mol. The molecule has 1 aromatic carbocycles. The lowest BCUT2D eigenvalue weighted by Crippen LogP contribution is -2.50. The van der Waals surface area contributed by atoms with Crippen LogP contribution in [0.25, 0.3) is 0 Å². The predicted octanol–water partition coefficient (Wildman–Crippen LogP) is 1.16. The molecule has 4 N–H and O–H groups in total. The van der Waals surface area contributed by atoms with Crippen LogP contribution < -0.4 is 21.3 Å². The van der Waals surface area contributed by atoms with E-state index in [2.05, 4.69) is 21.3 Å². The minimum Gasteiger partial charge on any atom is -0.461 e. The number of hydrogen-bond donors (Lipinski definition) is 4. The summed E-state index contributed by atoms with van der Waals surface area (Å²) in [5.74, 6) is -2.01. The van der Waals surface area contributed by atoms with E-state index >= 15 is 0 Å². The summed E-state index contributed by atoms with van der Waals surface area (Å²) >= 11 is 0. The van der Waals surface area contributed by atoms with Crippen molar-refractivity contribution in [3.63, 3.8) is 0 Å². The van der Waals surface area contributed by atoms with Crippen molar-refractivity contribution in [2.24, 2.45) is 5.92 Å². The molecule has 1 rings (SSSR count). The van der Waals surface area contributed by atoms with Crippen LogP contribution in [-0.2, 0) is 59.1 Å². The molecular formula is C35H57N5O11. The highest BCUT2D eigenvalue weighted by atomic mass is 16.6. The first-order valence-electron chi connectivity index (χ1n) is 17.3. The highest BCUT2D eigenvalue weighted by Gasteiger charge is 2.21. The molecule has 0 aliphatic carbocycles. The second-order valence-electron chi connectivity index (χ2n) is 11.9. The zero-order valence-corrected chi connectivity index (χ0v) is 30.9. The summed E-state index contributed by atoms with van der Waals surface area (Å²) in [7, 11) is 0. The van der Waals surface area contributed by atoms with Crippen LogP contribution in [0.3, 0.4) is 0 Å². The van der Waals surface area contributed by atoms with Gasteiger partial charge in [0.2, 0.25) is 29.5 Å². The van der Waals surface area contributed by atoms with Crippen LogP contribution >= 0.6 is 0 Å². The summed E-state index contributed by atoms with van der Waals surface area (Å²) in [6.45, 7) is 14.0. The summed E-state index contributed by atoms with van der Waals surface area (Å²) in [5.41, 5.74) is 1.29. The molecule has 0 aromatic heterocycles. The molecule has 5 amide bonds. The molecule has 0 fully saturated rings. The number of rotatable bonds is 27. The number of esters is 1. The number of anilines is 1. The largest absolute Gasteiger partial charge is 0.461 e. The summed E-state index contributed by atoms with van der Waals surface area (Å²) in [5, 5.41) is 10.6. The molecule has 0 spiro atoms. The van der Waals surface area contributed by atoms with E-state index < -0.39 is 23.9 Å². The van der Waals surface area contributed by atoms with Crippen molar-refractivity contribution in [1.82, 2.24) is 20.9 Å². The molecule has 0 saturated carbocycles. The number of carbonyl (C=O) groups excluding carboxylic acids is 6. The normalized spacial score (nSPS) is 12.1. The van der Waals surface area contributed by atoms with Crippen LogP contribution in [0.15, 0.2) is 24.3 Å². The van der Waals surface area contributed by atoms with Gasteiger partial charge in [0.25, 0.3) is 0 Å². The lowest BCUT2D eigenvalue weighted by atomic mass is 10.2. The van der Waals surface area contributed by atoms with E-state index in [0.29, 0.717) is 65.0 Å². The van der Waals surface area contributed by atoms with Gasteiger partial charge in [-0.3, -0.25) is 28.8 Å². The fraction of sp³-hybridized carbons (Fsp3) is 0.657. The van der Waals surface area contributed by atoms with Crippen molar-refractivity contribution in [2.75, 3.05) is 77.8 Å². The van der Waals surface area contributed by atoms with Crippen molar-refractivity contribution < 1.29 is 52.5 Å². The third-order valence-corrected chi connectivity index (χ3v) is 7.19. The monoisotopic (exact) mass is 723 g/mol. The highest BCUT2D eigenvalue weighted by Crippen LogP contribution is 2.12. The lowest BCUT2D eigenvalue weighted by molar-refractivity contribution is -0.148.